The summed E-state index contributed by atoms with van der Waals surface area (Å²) in [5.41, 5.74) is 12.6. The van der Waals surface area contributed by atoms with Crippen molar-refractivity contribution in [2.75, 3.05) is 73.7 Å². The SMILES string of the molecule is CC(C)CC1CN(c2cc(C(F)(F)F)cc(-c3[nH]nc4ncccc34)n2)CCC1N.CCOC(=O)N1CCN(c2ccc(F)c(-c3[nH]nc4ncccc34)n2)CC1C(C)(O)C(C)C.NC[C@@H]1CCN(c2cc(C(F)(F)F)cc(-c3[nH]nc4ncccc34)n2)C1.[HH].[HH].[HH].[HH].[HH].[HH].[HH]. The van der Waals surface area contributed by atoms with Gasteiger partial charge in [0.1, 0.15) is 23.1 Å². The maximum Gasteiger partial charge on any atom is 0.416 e. The van der Waals surface area contributed by atoms with Crippen LogP contribution in [0.3, 0.4) is 0 Å². The lowest BCUT2D eigenvalue weighted by atomic mass is 9.83. The molecule has 0 saturated carbocycles. The van der Waals surface area contributed by atoms with Crippen molar-refractivity contribution >= 4 is 56.6 Å². The van der Waals surface area contributed by atoms with Crippen LogP contribution in [0, 0.1) is 29.5 Å². The quantitative estimate of drug-likeness (QED) is 0.0620. The number of rotatable bonds is 12. The van der Waals surface area contributed by atoms with Gasteiger partial charge in [-0.15, -0.1) is 0 Å². The number of aromatic nitrogens is 12. The summed E-state index contributed by atoms with van der Waals surface area (Å²) in [5, 5.41) is 33.9. The molecule has 12 rings (SSSR count). The Kier molecular flexibility index (Phi) is 18.7. The number of amides is 1. The molecule has 486 valence electrons. The van der Waals surface area contributed by atoms with Gasteiger partial charge in [0.25, 0.3) is 0 Å². The third kappa shape index (κ3) is 14.0. The normalized spacial score (nSPS) is 19.0. The van der Waals surface area contributed by atoms with Gasteiger partial charge in [0.2, 0.25) is 0 Å². The van der Waals surface area contributed by atoms with Gasteiger partial charge in [-0.3, -0.25) is 20.2 Å². The van der Waals surface area contributed by atoms with Crippen molar-refractivity contribution in [2.45, 2.75) is 90.8 Å². The molecular formula is C61H85F7N18O3. The van der Waals surface area contributed by atoms with Crippen LogP contribution in [0.15, 0.2) is 91.4 Å². The number of carbonyl (C=O) groups is 1. The lowest BCUT2D eigenvalue weighted by Crippen LogP contribution is -2.65. The number of piperazine rings is 1. The maximum atomic E-state index is 14.8. The van der Waals surface area contributed by atoms with Crippen LogP contribution in [0.5, 0.6) is 0 Å². The molecular weight excluding hydrogens is 1170 g/mol. The number of aromatic amines is 3. The number of fused-ring (bicyclic) bond motifs is 3. The van der Waals surface area contributed by atoms with E-state index in [0.29, 0.717) is 126 Å². The number of nitrogens with two attached hydrogens (primary N) is 2. The highest BCUT2D eigenvalue weighted by Crippen LogP contribution is 2.39. The van der Waals surface area contributed by atoms with Crippen molar-refractivity contribution in [3.05, 3.63) is 108 Å². The Labute approximate surface area is 518 Å². The van der Waals surface area contributed by atoms with E-state index in [0.717, 1.165) is 43.5 Å². The number of pyridine rings is 6. The monoisotopic (exact) mass is 1250 g/mol. The second-order valence-corrected chi connectivity index (χ2v) is 23.5. The maximum absolute atomic E-state index is 14.8. The summed E-state index contributed by atoms with van der Waals surface area (Å²) < 4.78 is 101. The number of ether oxygens (including phenoxy) is 1. The van der Waals surface area contributed by atoms with Gasteiger partial charge in [-0.05, 0) is 136 Å². The molecule has 28 heteroatoms. The summed E-state index contributed by atoms with van der Waals surface area (Å²) >= 11 is 0. The van der Waals surface area contributed by atoms with Crippen LogP contribution >= 0.6 is 0 Å². The Morgan fingerprint density at radius 1 is 0.685 bits per heavy atom. The standard InChI is InChI=1S/C23H29FN6O3.C21H25F3N6.C17H17F3N6.7H2/c1-5-33-22(31)30-12-11-29(13-17(30)23(4,32)14(2)3)18-9-8-16(24)20(26-18)19-15-7-6-10-25-21(15)28-27-19;1-12(2)8-13-11-30(7-5-16(13)25)18-10-14(21(22,23)24)9-17(27-18)19-15-4-3-6-26-20(15)29-28-19;18-17(19,20)11-6-13(15-12-2-1-4-22-16(12)25-24-15)23-14(7-11)26-5-3-10(8-21)9-26;;;;;;;/h6-10,14,17,32H,5,11-13H2,1-4H3,(H,25,27,28);3-4,6,9-10,12-13,16H,5,7-8,11,25H2,1-2H3,(H,26,28,29);1-2,4,6-7,10H,3,5,8-9,21H2,(H,22,24,25);7*1H/t;;10-;;;;;;;/m..0......./s1. The van der Waals surface area contributed by atoms with Gasteiger partial charge in [0, 0.05) is 96.6 Å². The largest absolute Gasteiger partial charge is 0.450 e. The highest BCUT2D eigenvalue weighted by atomic mass is 19.4. The van der Waals surface area contributed by atoms with E-state index >= 15 is 0 Å². The number of alkyl halides is 6. The molecule has 4 unspecified atom stereocenters. The van der Waals surface area contributed by atoms with Crippen LogP contribution in [-0.2, 0) is 17.1 Å². The van der Waals surface area contributed by atoms with Gasteiger partial charge < -0.3 is 36.0 Å². The first kappa shape index (κ1) is 63.4. The van der Waals surface area contributed by atoms with E-state index in [9.17, 15) is 40.6 Å². The van der Waals surface area contributed by atoms with Crippen LogP contribution in [0.2, 0.25) is 0 Å². The molecule has 0 spiro atoms. The number of aliphatic hydroxyl groups is 1. The summed E-state index contributed by atoms with van der Waals surface area (Å²) in [6.45, 7) is 15.9. The Morgan fingerprint density at radius 3 is 1.69 bits per heavy atom. The van der Waals surface area contributed by atoms with Gasteiger partial charge in [0.05, 0.1) is 57.8 Å². The number of hydrogen-bond donors (Lipinski definition) is 6. The predicted molar refractivity (Wildman–Crippen MR) is 338 cm³/mol. The fourth-order valence-electron chi connectivity index (χ4n) is 11.5. The minimum Gasteiger partial charge on any atom is -0.450 e. The van der Waals surface area contributed by atoms with E-state index in [1.165, 1.54) is 6.07 Å². The predicted octanol–water partition coefficient (Wildman–Crippen LogP) is 12.0. The molecule has 12 heterocycles. The van der Waals surface area contributed by atoms with E-state index in [1.807, 2.05) is 34.6 Å². The molecule has 0 radical (unpaired) electrons. The average molecular weight is 1250 g/mol. The minimum absolute atomic E-state index is 0. The highest BCUT2D eigenvalue weighted by Gasteiger charge is 2.45. The highest BCUT2D eigenvalue weighted by molar-refractivity contribution is 5.91. The first-order chi connectivity index (χ1) is 42.4. The van der Waals surface area contributed by atoms with Crippen LogP contribution in [0.25, 0.3) is 67.3 Å². The summed E-state index contributed by atoms with van der Waals surface area (Å²) in [6, 6.07) is 17.3. The number of halogens is 7. The number of hydrogen-bond acceptors (Lipinski definition) is 17. The number of piperidine rings is 1. The molecule has 8 N–H and O–H groups in total. The zero-order valence-corrected chi connectivity index (χ0v) is 50.0. The summed E-state index contributed by atoms with van der Waals surface area (Å²) in [5.74, 6) is 1.53. The van der Waals surface area contributed by atoms with Crippen LogP contribution < -0.4 is 26.2 Å². The molecule has 3 aliphatic rings. The Balaban J connectivity index is 0.000000364. The zero-order valence-electron chi connectivity index (χ0n) is 50.0. The van der Waals surface area contributed by atoms with Gasteiger partial charge in [0.15, 0.2) is 22.8 Å². The minimum atomic E-state index is -4.48. The van der Waals surface area contributed by atoms with Crippen molar-refractivity contribution in [3.63, 3.8) is 0 Å². The summed E-state index contributed by atoms with van der Waals surface area (Å²) in [4.78, 5) is 46.0. The first-order valence-electron chi connectivity index (χ1n) is 29.5. The Bertz CT molecular complexity index is 3940. The molecule has 0 aliphatic carbocycles. The molecule has 89 heavy (non-hydrogen) atoms. The lowest BCUT2D eigenvalue weighted by Gasteiger charge is -2.48. The van der Waals surface area contributed by atoms with Crippen LogP contribution in [0.1, 0.15) is 81.9 Å². The molecule has 5 atom stereocenters. The number of nitrogens with one attached hydrogen (secondary N) is 3. The second-order valence-electron chi connectivity index (χ2n) is 23.5. The molecule has 9 aromatic heterocycles. The summed E-state index contributed by atoms with van der Waals surface area (Å²) in [6.07, 6.45) is -2.11. The fourth-order valence-corrected chi connectivity index (χ4v) is 11.5. The van der Waals surface area contributed by atoms with Gasteiger partial charge in [-0.2, -0.15) is 41.6 Å². The molecule has 3 saturated heterocycles. The number of anilines is 3. The molecule has 0 aromatic carbocycles. The smallest absolute Gasteiger partial charge is 0.416 e. The Hall–Kier alpha value is -8.63. The zero-order chi connectivity index (χ0) is 63.5. The van der Waals surface area contributed by atoms with Crippen molar-refractivity contribution in [1.82, 2.24) is 65.4 Å². The van der Waals surface area contributed by atoms with E-state index in [4.69, 9.17) is 16.2 Å². The lowest BCUT2D eigenvalue weighted by molar-refractivity contribution is -0.138. The first-order valence-corrected chi connectivity index (χ1v) is 29.5. The third-order valence-electron chi connectivity index (χ3n) is 16.7. The van der Waals surface area contributed by atoms with Gasteiger partial charge in [-0.25, -0.2) is 39.1 Å². The topological polar surface area (TPSA) is 275 Å². The second kappa shape index (κ2) is 26.2. The molecule has 9 aromatic rings. The molecule has 3 aliphatic heterocycles. The molecule has 21 nitrogen and oxygen atoms in total. The van der Waals surface area contributed by atoms with Crippen LogP contribution in [-0.4, -0.2) is 153 Å². The number of carbonyl (C=O) groups excluding carboxylic acids is 1. The number of nitrogens with zero attached hydrogens (tertiary/aromatic N) is 13. The molecule has 3 fully saturated rings. The van der Waals surface area contributed by atoms with E-state index < -0.39 is 47.0 Å². The average Bonchev–Trinajstić information content (AvgIpc) is 0.806. The fraction of sp³-hybridized carbons (Fsp3) is 0.443. The van der Waals surface area contributed by atoms with Crippen molar-refractivity contribution in [2.24, 2.45) is 35.1 Å². The van der Waals surface area contributed by atoms with Crippen molar-refractivity contribution in [1.29, 1.82) is 0 Å². The summed E-state index contributed by atoms with van der Waals surface area (Å²) in [7, 11) is 0. The van der Waals surface area contributed by atoms with Crippen molar-refractivity contribution < 1.29 is 55.4 Å². The van der Waals surface area contributed by atoms with E-state index in [1.54, 1.807) is 73.7 Å². The molecule has 1 amide bonds. The van der Waals surface area contributed by atoms with E-state index in [2.05, 4.69) is 74.3 Å². The van der Waals surface area contributed by atoms with Crippen LogP contribution in [0.4, 0.5) is 53.0 Å². The van der Waals surface area contributed by atoms with Crippen molar-refractivity contribution in [3.8, 4) is 34.2 Å². The van der Waals surface area contributed by atoms with Gasteiger partial charge in [-0.1, -0.05) is 27.7 Å². The Morgan fingerprint density at radius 2 is 1.19 bits per heavy atom. The van der Waals surface area contributed by atoms with E-state index in [-0.39, 0.29) is 57.5 Å². The number of H-pyrrole nitrogens is 3. The third-order valence-corrected chi connectivity index (χ3v) is 16.7. The molecule has 0 bridgehead atoms. The van der Waals surface area contributed by atoms with Gasteiger partial charge >= 0.3 is 18.4 Å².